The highest BCUT2D eigenvalue weighted by molar-refractivity contribution is 6.30. The molecule has 4 rings (SSSR count). The zero-order chi connectivity index (χ0) is 20.2. The summed E-state index contributed by atoms with van der Waals surface area (Å²) in [6.07, 6.45) is 2.45. The van der Waals surface area contributed by atoms with Gasteiger partial charge in [0.05, 0.1) is 5.57 Å². The number of rotatable bonds is 6. The lowest BCUT2D eigenvalue weighted by atomic mass is 10.1. The zero-order valence-electron chi connectivity index (χ0n) is 16.6. The van der Waals surface area contributed by atoms with E-state index in [0.29, 0.717) is 23.2 Å². The quantitative estimate of drug-likeness (QED) is 0.524. The molecule has 5 nitrogen and oxygen atoms in total. The maximum Gasteiger partial charge on any atom is 0.199 e. The van der Waals surface area contributed by atoms with Gasteiger partial charge in [-0.05, 0) is 30.7 Å². The maximum absolute atomic E-state index is 12.4. The molecule has 0 radical (unpaired) electrons. The predicted molar refractivity (Wildman–Crippen MR) is 126 cm³/mol. The van der Waals surface area contributed by atoms with E-state index < -0.39 is 0 Å². The van der Waals surface area contributed by atoms with Crippen molar-refractivity contribution in [2.75, 3.05) is 44.2 Å². The summed E-state index contributed by atoms with van der Waals surface area (Å²) in [4.78, 5) is 21.6. The van der Waals surface area contributed by atoms with E-state index in [1.807, 2.05) is 18.2 Å². The predicted octanol–water partition coefficient (Wildman–Crippen LogP) is 4.51. The van der Waals surface area contributed by atoms with Gasteiger partial charge in [-0.25, -0.2) is 0 Å². The van der Waals surface area contributed by atoms with Gasteiger partial charge in [0.25, 0.3) is 0 Å². The van der Waals surface area contributed by atoms with Gasteiger partial charge in [-0.2, -0.15) is 0 Å². The van der Waals surface area contributed by atoms with Crippen LogP contribution in [-0.4, -0.2) is 61.3 Å². The van der Waals surface area contributed by atoms with Crippen LogP contribution in [0, 0.1) is 0 Å². The van der Waals surface area contributed by atoms with Crippen molar-refractivity contribution in [3.63, 3.8) is 0 Å². The zero-order valence-corrected chi connectivity index (χ0v) is 18.2. The van der Waals surface area contributed by atoms with Crippen LogP contribution in [0.1, 0.15) is 22.3 Å². The summed E-state index contributed by atoms with van der Waals surface area (Å²) in [5.41, 5.74) is 2.65. The normalized spacial score (nSPS) is 16.8. The van der Waals surface area contributed by atoms with Crippen LogP contribution in [-0.2, 0) is 0 Å². The number of aliphatic imine (C=N–C) groups is 1. The van der Waals surface area contributed by atoms with Crippen molar-refractivity contribution in [2.45, 2.75) is 6.42 Å². The van der Waals surface area contributed by atoms with Gasteiger partial charge < -0.3 is 10.0 Å². The van der Waals surface area contributed by atoms with Crippen molar-refractivity contribution in [3.05, 3.63) is 70.3 Å². The standard InChI is InChI=1S/C23H24ClN3O2.ClH/c24-17-6-8-18(9-7-17)27-14-12-26(13-15-27)11-3-10-25-16-21-22(28)19-4-1-2-5-20(19)23(21)29;/h1-2,4-9,16,28H,3,10-15H2;1H. The summed E-state index contributed by atoms with van der Waals surface area (Å²) in [6, 6.07) is 15.1. The number of carbonyl (C=O) groups excluding carboxylic acids is 1. The molecule has 0 atom stereocenters. The first-order valence-electron chi connectivity index (χ1n) is 9.93. The molecule has 30 heavy (non-hydrogen) atoms. The lowest BCUT2D eigenvalue weighted by Gasteiger charge is -2.36. The molecular formula is C23H25Cl2N3O2. The van der Waals surface area contributed by atoms with Crippen molar-refractivity contribution in [1.29, 1.82) is 0 Å². The Kier molecular flexibility index (Phi) is 7.53. The lowest BCUT2D eigenvalue weighted by Crippen LogP contribution is -2.46. The van der Waals surface area contributed by atoms with Gasteiger partial charge in [0.2, 0.25) is 0 Å². The molecule has 0 unspecified atom stereocenters. The fourth-order valence-electron chi connectivity index (χ4n) is 3.83. The van der Waals surface area contributed by atoms with E-state index in [4.69, 9.17) is 11.6 Å². The van der Waals surface area contributed by atoms with E-state index in [9.17, 15) is 9.90 Å². The average Bonchev–Trinajstić information content (AvgIpc) is 2.99. The number of ketones is 1. The van der Waals surface area contributed by atoms with Crippen molar-refractivity contribution >= 4 is 47.5 Å². The molecule has 1 N–H and O–H groups in total. The summed E-state index contributed by atoms with van der Waals surface area (Å²) < 4.78 is 0. The van der Waals surface area contributed by atoms with Gasteiger partial charge in [-0.1, -0.05) is 35.9 Å². The summed E-state index contributed by atoms with van der Waals surface area (Å²) in [6.45, 7) is 5.65. The Morgan fingerprint density at radius 2 is 1.67 bits per heavy atom. The number of Topliss-reactive ketones (excluding diaryl/α,β-unsaturated/α-hetero) is 1. The number of fused-ring (bicyclic) bond motifs is 1. The number of aliphatic hydroxyl groups excluding tert-OH is 1. The van der Waals surface area contributed by atoms with Gasteiger partial charge in [0, 0.05) is 67.3 Å². The molecule has 1 fully saturated rings. The minimum atomic E-state index is -0.153. The first-order chi connectivity index (χ1) is 14.1. The van der Waals surface area contributed by atoms with Crippen LogP contribution >= 0.6 is 24.0 Å². The number of hydrogen-bond donors (Lipinski definition) is 1. The third kappa shape index (κ3) is 4.86. The van der Waals surface area contributed by atoms with Crippen molar-refractivity contribution < 1.29 is 9.90 Å². The van der Waals surface area contributed by atoms with Crippen LogP contribution in [0.2, 0.25) is 5.02 Å². The fourth-order valence-corrected chi connectivity index (χ4v) is 3.95. The first-order valence-corrected chi connectivity index (χ1v) is 10.3. The number of piperazine rings is 1. The average molecular weight is 446 g/mol. The molecule has 0 aromatic heterocycles. The molecular weight excluding hydrogens is 421 g/mol. The van der Waals surface area contributed by atoms with E-state index >= 15 is 0 Å². The highest BCUT2D eigenvalue weighted by atomic mass is 35.5. The Labute approximate surface area is 188 Å². The molecule has 2 aromatic carbocycles. The molecule has 7 heteroatoms. The largest absolute Gasteiger partial charge is 0.506 e. The Morgan fingerprint density at radius 3 is 2.33 bits per heavy atom. The second-order valence-corrected chi connectivity index (χ2v) is 7.77. The number of allylic oxidation sites excluding steroid dienone is 1. The number of benzene rings is 2. The SMILES string of the molecule is Cl.O=C1C(C=NCCCN2CCN(c3ccc(Cl)cc3)CC2)=C(O)c2ccccc21. The summed E-state index contributed by atoms with van der Waals surface area (Å²) >= 11 is 5.96. The molecule has 0 spiro atoms. The molecule has 158 valence electrons. The van der Waals surface area contributed by atoms with Gasteiger partial charge in [-0.15, -0.1) is 12.4 Å². The van der Waals surface area contributed by atoms with E-state index in [1.165, 1.54) is 11.9 Å². The first kappa shape index (κ1) is 22.3. The number of nitrogens with zero attached hydrogens (tertiary/aromatic N) is 3. The third-order valence-corrected chi connectivity index (χ3v) is 5.72. The van der Waals surface area contributed by atoms with Crippen LogP contribution in [0.5, 0.6) is 0 Å². The van der Waals surface area contributed by atoms with Crippen LogP contribution in [0.3, 0.4) is 0 Å². The molecule has 1 aliphatic carbocycles. The van der Waals surface area contributed by atoms with Crippen LogP contribution in [0.15, 0.2) is 59.1 Å². The van der Waals surface area contributed by atoms with Gasteiger partial charge in [0.15, 0.2) is 5.78 Å². The molecule has 0 bridgehead atoms. The minimum absolute atomic E-state index is 0. The summed E-state index contributed by atoms with van der Waals surface area (Å²) in [5, 5.41) is 11.0. The fraction of sp³-hybridized carbons (Fsp3) is 0.304. The summed E-state index contributed by atoms with van der Waals surface area (Å²) in [5.74, 6) is -0.118. The molecule has 1 aliphatic heterocycles. The van der Waals surface area contributed by atoms with Gasteiger partial charge in [0.1, 0.15) is 5.76 Å². The molecule has 2 aliphatic rings. The van der Waals surface area contributed by atoms with E-state index in [-0.39, 0.29) is 23.9 Å². The minimum Gasteiger partial charge on any atom is -0.506 e. The van der Waals surface area contributed by atoms with Crippen molar-refractivity contribution in [3.8, 4) is 0 Å². The van der Waals surface area contributed by atoms with E-state index in [0.717, 1.165) is 44.2 Å². The Bertz CT molecular complexity index is 949. The second kappa shape index (κ2) is 10.1. The topological polar surface area (TPSA) is 56.1 Å². The number of halogens is 2. The molecule has 0 saturated carbocycles. The molecule has 1 saturated heterocycles. The van der Waals surface area contributed by atoms with Gasteiger partial charge >= 0.3 is 0 Å². The number of carbonyl (C=O) groups is 1. The summed E-state index contributed by atoms with van der Waals surface area (Å²) in [7, 11) is 0. The number of aliphatic hydroxyl groups is 1. The highest BCUT2D eigenvalue weighted by Gasteiger charge is 2.27. The van der Waals surface area contributed by atoms with Crippen molar-refractivity contribution in [2.24, 2.45) is 4.99 Å². The molecule has 1 heterocycles. The van der Waals surface area contributed by atoms with Crippen LogP contribution < -0.4 is 4.90 Å². The van der Waals surface area contributed by atoms with Gasteiger partial charge in [-0.3, -0.25) is 14.7 Å². The third-order valence-electron chi connectivity index (χ3n) is 5.47. The highest BCUT2D eigenvalue weighted by Crippen LogP contribution is 2.29. The lowest BCUT2D eigenvalue weighted by molar-refractivity contribution is 0.104. The molecule has 2 aromatic rings. The number of hydrogen-bond acceptors (Lipinski definition) is 5. The smallest absolute Gasteiger partial charge is 0.199 e. The maximum atomic E-state index is 12.4. The van der Waals surface area contributed by atoms with E-state index in [2.05, 4.69) is 26.9 Å². The monoisotopic (exact) mass is 445 g/mol. The molecule has 0 amide bonds. The Morgan fingerprint density at radius 1 is 1.00 bits per heavy atom. The van der Waals surface area contributed by atoms with Crippen molar-refractivity contribution in [1.82, 2.24) is 4.90 Å². The van der Waals surface area contributed by atoms with E-state index in [1.54, 1.807) is 18.2 Å². The van der Waals surface area contributed by atoms with Crippen LogP contribution in [0.25, 0.3) is 5.76 Å². The number of anilines is 1. The van der Waals surface area contributed by atoms with Crippen LogP contribution in [0.4, 0.5) is 5.69 Å². The second-order valence-electron chi connectivity index (χ2n) is 7.33. The Balaban J connectivity index is 0.00000256. The Hall–Kier alpha value is -2.34.